The van der Waals surface area contributed by atoms with Crippen LogP contribution in [0, 0.1) is 0 Å². The molecule has 4 nitrogen and oxygen atoms in total. The minimum absolute atomic E-state index is 0.0204. The second-order valence-corrected chi connectivity index (χ2v) is 4.97. The van der Waals surface area contributed by atoms with E-state index >= 15 is 0 Å². The fourth-order valence-electron chi connectivity index (χ4n) is 2.04. The highest BCUT2D eigenvalue weighted by Gasteiger charge is 2.22. The van der Waals surface area contributed by atoms with Crippen LogP contribution in [0.25, 0.3) is 0 Å². The summed E-state index contributed by atoms with van der Waals surface area (Å²) in [5.74, 6) is 0.377. The van der Waals surface area contributed by atoms with E-state index in [2.05, 4.69) is 10.6 Å². The van der Waals surface area contributed by atoms with E-state index in [0.29, 0.717) is 18.1 Å². The van der Waals surface area contributed by atoms with Crippen molar-refractivity contribution in [3.05, 3.63) is 35.4 Å². The van der Waals surface area contributed by atoms with E-state index in [0.717, 1.165) is 18.7 Å². The zero-order valence-electron chi connectivity index (χ0n) is 11.0. The Kier molecular flexibility index (Phi) is 5.19. The van der Waals surface area contributed by atoms with Gasteiger partial charge in [0.1, 0.15) is 0 Å². The van der Waals surface area contributed by atoms with E-state index in [1.807, 2.05) is 19.1 Å². The van der Waals surface area contributed by atoms with Gasteiger partial charge in [-0.15, -0.1) is 11.6 Å². The van der Waals surface area contributed by atoms with Crippen LogP contribution in [0.3, 0.4) is 0 Å². The molecule has 1 saturated heterocycles. The molecule has 2 rings (SSSR count). The van der Waals surface area contributed by atoms with Crippen molar-refractivity contribution in [2.45, 2.75) is 24.9 Å². The Morgan fingerprint density at radius 3 is 2.84 bits per heavy atom. The quantitative estimate of drug-likeness (QED) is 0.824. The lowest BCUT2D eigenvalue weighted by atomic mass is 10.1. The maximum atomic E-state index is 12.1. The summed E-state index contributed by atoms with van der Waals surface area (Å²) in [5.41, 5.74) is 1.65. The number of alkyl halides is 1. The van der Waals surface area contributed by atoms with Gasteiger partial charge in [-0.2, -0.15) is 0 Å². The Morgan fingerprint density at radius 2 is 2.26 bits per heavy atom. The molecule has 0 aliphatic carbocycles. The van der Waals surface area contributed by atoms with E-state index in [1.54, 1.807) is 12.1 Å². The molecule has 1 aliphatic heterocycles. The number of hydrogen-bond acceptors (Lipinski definition) is 3. The van der Waals surface area contributed by atoms with Crippen molar-refractivity contribution in [1.82, 2.24) is 10.6 Å². The molecule has 5 heteroatoms. The molecule has 0 saturated carbocycles. The summed E-state index contributed by atoms with van der Waals surface area (Å²) in [7, 11) is 0. The van der Waals surface area contributed by atoms with E-state index in [-0.39, 0.29) is 18.1 Å². The summed E-state index contributed by atoms with van der Waals surface area (Å²) < 4.78 is 5.62. The number of halogens is 1. The van der Waals surface area contributed by atoms with Crippen LogP contribution < -0.4 is 10.6 Å². The minimum atomic E-state index is -0.0807. The second kappa shape index (κ2) is 6.89. The fourth-order valence-corrected chi connectivity index (χ4v) is 2.21. The molecule has 0 spiro atoms. The van der Waals surface area contributed by atoms with Crippen molar-refractivity contribution < 1.29 is 9.53 Å². The number of hydrogen-bond donors (Lipinski definition) is 2. The fraction of sp³-hybridized carbons (Fsp3) is 0.500. The predicted molar refractivity (Wildman–Crippen MR) is 75.5 cm³/mol. The molecule has 2 unspecified atom stereocenters. The number of benzene rings is 1. The second-order valence-electron chi connectivity index (χ2n) is 4.71. The molecule has 1 aliphatic rings. The molecule has 0 aromatic heterocycles. The van der Waals surface area contributed by atoms with Crippen molar-refractivity contribution in [2.24, 2.45) is 0 Å². The summed E-state index contributed by atoms with van der Waals surface area (Å²) in [5, 5.41) is 6.22. The van der Waals surface area contributed by atoms with Crippen LogP contribution >= 0.6 is 11.6 Å². The first-order valence-electron chi connectivity index (χ1n) is 6.49. The summed E-state index contributed by atoms with van der Waals surface area (Å²) in [6, 6.07) is 7.30. The van der Waals surface area contributed by atoms with Crippen molar-refractivity contribution >= 4 is 17.5 Å². The molecule has 19 heavy (non-hydrogen) atoms. The van der Waals surface area contributed by atoms with Crippen LogP contribution in [0.2, 0.25) is 0 Å². The van der Waals surface area contributed by atoms with Gasteiger partial charge in [0.25, 0.3) is 5.91 Å². The Morgan fingerprint density at radius 1 is 1.53 bits per heavy atom. The van der Waals surface area contributed by atoms with Gasteiger partial charge in [0.15, 0.2) is 0 Å². The summed E-state index contributed by atoms with van der Waals surface area (Å²) >= 11 is 5.72. The molecule has 1 fully saturated rings. The zero-order chi connectivity index (χ0) is 13.7. The van der Waals surface area contributed by atoms with Crippen LogP contribution in [-0.2, 0) is 10.6 Å². The Hall–Kier alpha value is -1.10. The lowest BCUT2D eigenvalue weighted by Crippen LogP contribution is -2.50. The third kappa shape index (κ3) is 3.93. The van der Waals surface area contributed by atoms with Gasteiger partial charge >= 0.3 is 0 Å². The monoisotopic (exact) mass is 282 g/mol. The highest BCUT2D eigenvalue weighted by Crippen LogP contribution is 2.08. The Balaban J connectivity index is 1.91. The van der Waals surface area contributed by atoms with E-state index < -0.39 is 0 Å². The molecule has 1 heterocycles. The average molecular weight is 283 g/mol. The SMILES string of the molecule is CC(NC(=O)c1ccc(CCl)cc1)C1CNCCO1. The average Bonchev–Trinajstić information content (AvgIpc) is 2.48. The topological polar surface area (TPSA) is 50.4 Å². The first-order valence-corrected chi connectivity index (χ1v) is 7.02. The van der Waals surface area contributed by atoms with Crippen molar-refractivity contribution in [2.75, 3.05) is 19.7 Å². The first kappa shape index (κ1) is 14.3. The van der Waals surface area contributed by atoms with Crippen molar-refractivity contribution in [3.8, 4) is 0 Å². The number of amides is 1. The molecule has 2 atom stereocenters. The lowest BCUT2D eigenvalue weighted by molar-refractivity contribution is 0.00860. The normalized spacial score (nSPS) is 20.8. The van der Waals surface area contributed by atoms with Crippen LogP contribution in [0.1, 0.15) is 22.8 Å². The summed E-state index contributed by atoms with van der Waals surface area (Å²) in [6.45, 7) is 4.29. The van der Waals surface area contributed by atoms with Gasteiger partial charge in [-0.3, -0.25) is 4.79 Å². The number of carbonyl (C=O) groups excluding carboxylic acids is 1. The number of ether oxygens (including phenoxy) is 1. The van der Waals surface area contributed by atoms with Crippen LogP contribution in [0.4, 0.5) is 0 Å². The minimum Gasteiger partial charge on any atom is -0.373 e. The highest BCUT2D eigenvalue weighted by molar-refractivity contribution is 6.17. The molecule has 1 aromatic carbocycles. The van der Waals surface area contributed by atoms with E-state index in [9.17, 15) is 4.79 Å². The molecule has 1 amide bonds. The van der Waals surface area contributed by atoms with Crippen molar-refractivity contribution in [1.29, 1.82) is 0 Å². The first-order chi connectivity index (χ1) is 9.20. The third-order valence-electron chi connectivity index (χ3n) is 3.24. The van der Waals surface area contributed by atoms with Crippen LogP contribution in [-0.4, -0.2) is 37.7 Å². The number of rotatable bonds is 4. The highest BCUT2D eigenvalue weighted by atomic mass is 35.5. The predicted octanol–water partition coefficient (Wildman–Crippen LogP) is 1.53. The molecule has 0 radical (unpaired) electrons. The Labute approximate surface area is 118 Å². The number of carbonyl (C=O) groups is 1. The van der Waals surface area contributed by atoms with Gasteiger partial charge in [0, 0.05) is 24.5 Å². The number of nitrogens with one attached hydrogen (secondary N) is 2. The maximum Gasteiger partial charge on any atom is 0.251 e. The third-order valence-corrected chi connectivity index (χ3v) is 3.55. The molecule has 104 valence electrons. The van der Waals surface area contributed by atoms with E-state index in [4.69, 9.17) is 16.3 Å². The van der Waals surface area contributed by atoms with E-state index in [1.165, 1.54) is 0 Å². The molecule has 1 aromatic rings. The maximum absolute atomic E-state index is 12.1. The van der Waals surface area contributed by atoms with Gasteiger partial charge < -0.3 is 15.4 Å². The van der Waals surface area contributed by atoms with Gasteiger partial charge in [0.05, 0.1) is 18.8 Å². The molecular formula is C14H19ClN2O2. The van der Waals surface area contributed by atoms with Crippen LogP contribution in [0.5, 0.6) is 0 Å². The van der Waals surface area contributed by atoms with Gasteiger partial charge in [-0.1, -0.05) is 12.1 Å². The number of morpholine rings is 1. The molecule has 0 bridgehead atoms. The van der Waals surface area contributed by atoms with Crippen molar-refractivity contribution in [3.63, 3.8) is 0 Å². The lowest BCUT2D eigenvalue weighted by Gasteiger charge is -2.29. The molecular weight excluding hydrogens is 264 g/mol. The summed E-state index contributed by atoms with van der Waals surface area (Å²) in [4.78, 5) is 12.1. The van der Waals surface area contributed by atoms with Gasteiger partial charge in [-0.05, 0) is 24.6 Å². The summed E-state index contributed by atoms with van der Waals surface area (Å²) in [6.07, 6.45) is 0.0276. The smallest absolute Gasteiger partial charge is 0.251 e. The van der Waals surface area contributed by atoms with Gasteiger partial charge in [-0.25, -0.2) is 0 Å². The molecule has 2 N–H and O–H groups in total. The largest absolute Gasteiger partial charge is 0.373 e. The zero-order valence-corrected chi connectivity index (χ0v) is 11.7. The standard InChI is InChI=1S/C14H19ClN2O2/c1-10(13-9-16-6-7-19-13)17-14(18)12-4-2-11(8-15)3-5-12/h2-5,10,13,16H,6-9H2,1H3,(H,17,18). The Bertz CT molecular complexity index is 416. The van der Waals surface area contributed by atoms with Crippen LogP contribution in [0.15, 0.2) is 24.3 Å². The van der Waals surface area contributed by atoms with Gasteiger partial charge in [0.2, 0.25) is 0 Å².